The van der Waals surface area contributed by atoms with Gasteiger partial charge in [0.25, 0.3) is 5.56 Å². The second kappa shape index (κ2) is 7.28. The minimum absolute atomic E-state index is 0.0522. The summed E-state index contributed by atoms with van der Waals surface area (Å²) < 4.78 is 0. The normalized spacial score (nSPS) is 15.9. The summed E-state index contributed by atoms with van der Waals surface area (Å²) in [5, 5.41) is 0.686. The third-order valence-corrected chi connectivity index (χ3v) is 6.30. The molecular formula is C19H27N3O2S. The van der Waals surface area contributed by atoms with Crippen molar-refractivity contribution in [3.8, 4) is 0 Å². The van der Waals surface area contributed by atoms with Gasteiger partial charge in [-0.3, -0.25) is 9.59 Å². The first-order valence-electron chi connectivity index (χ1n) is 9.18. The predicted octanol–water partition coefficient (Wildman–Crippen LogP) is 3.92. The molecule has 0 aliphatic heterocycles. The zero-order chi connectivity index (χ0) is 18.1. The maximum absolute atomic E-state index is 12.8. The van der Waals surface area contributed by atoms with E-state index < -0.39 is 0 Å². The van der Waals surface area contributed by atoms with Crippen molar-refractivity contribution in [1.82, 2.24) is 14.9 Å². The van der Waals surface area contributed by atoms with Crippen molar-refractivity contribution in [2.24, 2.45) is 5.92 Å². The van der Waals surface area contributed by atoms with Crippen molar-refractivity contribution >= 4 is 27.5 Å². The van der Waals surface area contributed by atoms with Crippen molar-refractivity contribution in [2.75, 3.05) is 0 Å². The summed E-state index contributed by atoms with van der Waals surface area (Å²) in [6.45, 7) is 8.23. The van der Waals surface area contributed by atoms with Gasteiger partial charge in [-0.1, -0.05) is 33.1 Å². The van der Waals surface area contributed by atoms with Crippen molar-refractivity contribution in [2.45, 2.75) is 72.4 Å². The van der Waals surface area contributed by atoms with Crippen LogP contribution >= 0.6 is 11.3 Å². The van der Waals surface area contributed by atoms with Crippen LogP contribution in [0, 0.1) is 19.8 Å². The number of aromatic nitrogens is 2. The topological polar surface area (TPSA) is 66.1 Å². The van der Waals surface area contributed by atoms with Crippen molar-refractivity contribution < 1.29 is 4.79 Å². The number of hydrogen-bond donors (Lipinski definition) is 1. The Balaban J connectivity index is 1.94. The third-order valence-electron chi connectivity index (χ3n) is 5.20. The fourth-order valence-electron chi connectivity index (χ4n) is 3.65. The van der Waals surface area contributed by atoms with Crippen LogP contribution in [-0.2, 0) is 11.3 Å². The summed E-state index contributed by atoms with van der Waals surface area (Å²) in [5.74, 6) is 0.690. The molecule has 0 bridgehead atoms. The first-order chi connectivity index (χ1) is 11.9. The van der Waals surface area contributed by atoms with Gasteiger partial charge in [0, 0.05) is 16.8 Å². The molecule has 0 atom stereocenters. The Kier molecular flexibility index (Phi) is 5.27. The van der Waals surface area contributed by atoms with Crippen LogP contribution < -0.4 is 5.56 Å². The van der Waals surface area contributed by atoms with Crippen molar-refractivity contribution in [1.29, 1.82) is 0 Å². The van der Waals surface area contributed by atoms with E-state index in [1.165, 1.54) is 19.3 Å². The van der Waals surface area contributed by atoms with E-state index in [0.717, 1.165) is 28.1 Å². The molecule has 25 heavy (non-hydrogen) atoms. The number of thiophene rings is 1. The lowest BCUT2D eigenvalue weighted by Gasteiger charge is -2.35. The van der Waals surface area contributed by atoms with Gasteiger partial charge in [-0.05, 0) is 32.3 Å². The summed E-state index contributed by atoms with van der Waals surface area (Å²) >= 11 is 1.55. The lowest BCUT2D eigenvalue weighted by molar-refractivity contribution is -0.138. The molecule has 1 N–H and O–H groups in total. The van der Waals surface area contributed by atoms with Gasteiger partial charge in [-0.2, -0.15) is 0 Å². The molecule has 1 aliphatic carbocycles. The van der Waals surface area contributed by atoms with Gasteiger partial charge in [-0.15, -0.1) is 11.3 Å². The van der Waals surface area contributed by atoms with E-state index >= 15 is 0 Å². The Morgan fingerprint density at radius 1 is 1.28 bits per heavy atom. The lowest BCUT2D eigenvalue weighted by atomic mass is 9.93. The Morgan fingerprint density at radius 3 is 2.60 bits per heavy atom. The van der Waals surface area contributed by atoms with E-state index in [1.807, 2.05) is 32.6 Å². The molecule has 2 heterocycles. The molecule has 0 unspecified atom stereocenters. The fourth-order valence-corrected chi connectivity index (χ4v) is 4.70. The number of nitrogens with one attached hydrogen (secondary N) is 1. The average Bonchev–Trinajstić information content (AvgIpc) is 2.87. The number of aromatic amines is 1. The molecule has 1 saturated carbocycles. The summed E-state index contributed by atoms with van der Waals surface area (Å²) in [4.78, 5) is 36.7. The smallest absolute Gasteiger partial charge is 0.259 e. The quantitative estimate of drug-likeness (QED) is 0.897. The van der Waals surface area contributed by atoms with Gasteiger partial charge in [-0.25, -0.2) is 4.98 Å². The maximum Gasteiger partial charge on any atom is 0.259 e. The molecule has 1 amide bonds. The first kappa shape index (κ1) is 18.1. The molecule has 5 nitrogen and oxygen atoms in total. The molecule has 1 aliphatic rings. The fraction of sp³-hybridized carbons (Fsp3) is 0.632. The Hall–Kier alpha value is -1.69. The Bertz CT molecular complexity index is 831. The van der Waals surface area contributed by atoms with Crippen LogP contribution in [0.1, 0.15) is 62.2 Å². The zero-order valence-electron chi connectivity index (χ0n) is 15.5. The van der Waals surface area contributed by atoms with Crippen LogP contribution in [0.15, 0.2) is 4.79 Å². The molecule has 1 fully saturated rings. The standard InChI is InChI=1S/C19H27N3O2S/c1-11(2)19(24)22(14-8-6-5-7-9-14)10-15-20-17(23)16-12(3)13(4)25-18(16)21-15/h11,14H,5-10H2,1-4H3,(H,20,21,23). The Labute approximate surface area is 152 Å². The molecule has 0 radical (unpaired) electrons. The summed E-state index contributed by atoms with van der Waals surface area (Å²) in [7, 11) is 0. The van der Waals surface area contributed by atoms with Gasteiger partial charge in [0.15, 0.2) is 0 Å². The minimum Gasteiger partial charge on any atom is -0.332 e. The molecule has 0 aromatic carbocycles. The molecule has 6 heteroatoms. The second-order valence-electron chi connectivity index (χ2n) is 7.39. The first-order valence-corrected chi connectivity index (χ1v) is 9.99. The van der Waals surface area contributed by atoms with Crippen LogP contribution in [0.4, 0.5) is 0 Å². The molecule has 2 aromatic rings. The molecule has 0 saturated heterocycles. The number of aryl methyl sites for hydroxylation is 2. The summed E-state index contributed by atoms with van der Waals surface area (Å²) in [5.41, 5.74) is 0.908. The highest BCUT2D eigenvalue weighted by Crippen LogP contribution is 2.27. The van der Waals surface area contributed by atoms with Crippen LogP contribution in [0.5, 0.6) is 0 Å². The van der Waals surface area contributed by atoms with E-state index in [-0.39, 0.29) is 23.4 Å². The SMILES string of the molecule is Cc1sc2nc(CN(C(=O)C(C)C)C3CCCCC3)[nH]c(=O)c2c1C. The predicted molar refractivity (Wildman–Crippen MR) is 102 cm³/mol. The van der Waals surface area contributed by atoms with E-state index in [1.54, 1.807) is 11.3 Å². The number of H-pyrrole nitrogens is 1. The van der Waals surface area contributed by atoms with E-state index in [2.05, 4.69) is 9.97 Å². The van der Waals surface area contributed by atoms with Gasteiger partial charge < -0.3 is 9.88 Å². The number of carbonyl (C=O) groups is 1. The Morgan fingerprint density at radius 2 is 1.96 bits per heavy atom. The van der Waals surface area contributed by atoms with Crippen molar-refractivity contribution in [3.05, 3.63) is 26.6 Å². The average molecular weight is 362 g/mol. The maximum atomic E-state index is 12.8. The highest BCUT2D eigenvalue weighted by atomic mass is 32.1. The van der Waals surface area contributed by atoms with Crippen LogP contribution in [-0.4, -0.2) is 26.8 Å². The number of fused-ring (bicyclic) bond motifs is 1. The minimum atomic E-state index is -0.0950. The number of rotatable bonds is 4. The number of carbonyl (C=O) groups excluding carboxylic acids is 1. The van der Waals surface area contributed by atoms with E-state index in [9.17, 15) is 9.59 Å². The highest BCUT2D eigenvalue weighted by Gasteiger charge is 2.28. The zero-order valence-corrected chi connectivity index (χ0v) is 16.3. The highest BCUT2D eigenvalue weighted by molar-refractivity contribution is 7.18. The van der Waals surface area contributed by atoms with E-state index in [0.29, 0.717) is 17.8 Å². The molecule has 136 valence electrons. The molecule has 2 aromatic heterocycles. The molecular weight excluding hydrogens is 334 g/mol. The number of nitrogens with zero attached hydrogens (tertiary/aromatic N) is 2. The van der Waals surface area contributed by atoms with Gasteiger partial charge in [0.05, 0.1) is 11.9 Å². The monoisotopic (exact) mass is 361 g/mol. The van der Waals surface area contributed by atoms with Gasteiger partial charge in [0.1, 0.15) is 10.7 Å². The largest absolute Gasteiger partial charge is 0.332 e. The lowest BCUT2D eigenvalue weighted by Crippen LogP contribution is -2.43. The number of amides is 1. The van der Waals surface area contributed by atoms with Crippen LogP contribution in [0.3, 0.4) is 0 Å². The molecule has 0 spiro atoms. The van der Waals surface area contributed by atoms with Crippen LogP contribution in [0.2, 0.25) is 0 Å². The number of hydrogen-bond acceptors (Lipinski definition) is 4. The summed E-state index contributed by atoms with van der Waals surface area (Å²) in [6, 6.07) is 0.261. The van der Waals surface area contributed by atoms with Gasteiger partial charge >= 0.3 is 0 Å². The summed E-state index contributed by atoms with van der Waals surface area (Å²) in [6.07, 6.45) is 5.66. The van der Waals surface area contributed by atoms with E-state index in [4.69, 9.17) is 0 Å². The van der Waals surface area contributed by atoms with Crippen LogP contribution in [0.25, 0.3) is 10.2 Å². The van der Waals surface area contributed by atoms with Crippen molar-refractivity contribution in [3.63, 3.8) is 0 Å². The molecule has 3 rings (SSSR count). The second-order valence-corrected chi connectivity index (χ2v) is 8.59. The van der Waals surface area contributed by atoms with Gasteiger partial charge in [0.2, 0.25) is 5.91 Å². The third kappa shape index (κ3) is 3.64.